The van der Waals surface area contributed by atoms with Crippen molar-refractivity contribution < 1.29 is 80.2 Å². The average molecular weight is 1420 g/mol. The van der Waals surface area contributed by atoms with Crippen LogP contribution in [-0.4, -0.2) is 96.7 Å². The van der Waals surface area contributed by atoms with Gasteiger partial charge in [0.25, 0.3) is 0 Å². The zero-order valence-corrected chi connectivity index (χ0v) is 65.5. The smallest absolute Gasteiger partial charge is 0.462 e. The summed E-state index contributed by atoms with van der Waals surface area (Å²) in [6.07, 6.45) is 52.9. The van der Waals surface area contributed by atoms with Crippen LogP contribution in [0.25, 0.3) is 0 Å². The second-order valence-corrected chi connectivity index (χ2v) is 32.4. The minimum atomic E-state index is -4.96. The molecular formula is C78H152O17P2. The fourth-order valence-electron chi connectivity index (χ4n) is 11.8. The fourth-order valence-corrected chi connectivity index (χ4v) is 13.4. The van der Waals surface area contributed by atoms with E-state index in [4.69, 9.17) is 37.0 Å². The van der Waals surface area contributed by atoms with Gasteiger partial charge in [0.1, 0.15) is 19.3 Å². The lowest BCUT2D eigenvalue weighted by atomic mass is 10.00. The lowest BCUT2D eigenvalue weighted by Crippen LogP contribution is -2.30. The molecule has 7 atom stereocenters. The largest absolute Gasteiger partial charge is 0.472 e. The molecule has 0 amide bonds. The van der Waals surface area contributed by atoms with Gasteiger partial charge in [0.2, 0.25) is 0 Å². The standard InChI is InChI=1S/C78H152O17P2/c1-9-70(7)56-48-40-34-36-43-51-59-76(81)89-65-74(95-78(83)61-53-45-37-35-41-49-57-71(8)10-2)67-93-97(86,87)91-63-72(79)62-90-96(84,85)92-66-73(64-88-75(80)58-50-42-32-28-24-20-17-13-15-19-23-27-31-39-47-55-69(5)6)94-77(82)60-52-44-33-29-25-21-16-12-11-14-18-22-26-30-38-46-54-68(3)4/h68-74,79H,9-67H2,1-8H3,(H,84,85)(H,86,87)/t70?,71?,72-,73-,74-/m1/s1. The Morgan fingerprint density at radius 2 is 0.495 bits per heavy atom. The summed E-state index contributed by atoms with van der Waals surface area (Å²) in [4.78, 5) is 72.8. The van der Waals surface area contributed by atoms with Crippen LogP contribution < -0.4 is 0 Å². The quantitative estimate of drug-likeness (QED) is 0.0222. The van der Waals surface area contributed by atoms with Gasteiger partial charge in [0, 0.05) is 25.7 Å². The lowest BCUT2D eigenvalue weighted by molar-refractivity contribution is -0.161. The number of unbranched alkanes of at least 4 members (excludes halogenated alkanes) is 39. The molecule has 0 heterocycles. The van der Waals surface area contributed by atoms with Gasteiger partial charge in [-0.3, -0.25) is 37.3 Å². The maximum absolute atomic E-state index is 13.1. The first-order valence-corrected chi connectivity index (χ1v) is 43.3. The van der Waals surface area contributed by atoms with Gasteiger partial charge in [0.05, 0.1) is 26.4 Å². The fraction of sp³-hybridized carbons (Fsp3) is 0.949. The Morgan fingerprint density at radius 1 is 0.289 bits per heavy atom. The highest BCUT2D eigenvalue weighted by Gasteiger charge is 2.30. The summed E-state index contributed by atoms with van der Waals surface area (Å²) < 4.78 is 68.5. The van der Waals surface area contributed by atoms with E-state index in [1.54, 1.807) is 0 Å². The Morgan fingerprint density at radius 3 is 0.732 bits per heavy atom. The maximum Gasteiger partial charge on any atom is 0.472 e. The molecule has 0 saturated heterocycles. The Hall–Kier alpha value is -1.94. The van der Waals surface area contributed by atoms with Gasteiger partial charge in [-0.1, -0.05) is 344 Å². The predicted octanol–water partition coefficient (Wildman–Crippen LogP) is 22.8. The zero-order chi connectivity index (χ0) is 71.7. The van der Waals surface area contributed by atoms with Gasteiger partial charge in [0.15, 0.2) is 12.2 Å². The first-order valence-electron chi connectivity index (χ1n) is 40.3. The Labute approximate surface area is 594 Å². The lowest BCUT2D eigenvalue weighted by Gasteiger charge is -2.21. The Balaban J connectivity index is 5.22. The normalized spacial score (nSPS) is 14.6. The number of phosphoric acid groups is 2. The summed E-state index contributed by atoms with van der Waals surface area (Å²) in [6.45, 7) is 14.2. The van der Waals surface area contributed by atoms with Gasteiger partial charge >= 0.3 is 39.5 Å². The van der Waals surface area contributed by atoms with Crippen molar-refractivity contribution in [3.05, 3.63) is 0 Å². The molecule has 19 heteroatoms. The number of hydrogen-bond acceptors (Lipinski definition) is 15. The number of phosphoric ester groups is 2. The number of aliphatic hydroxyl groups excluding tert-OH is 1. The van der Waals surface area contributed by atoms with Crippen LogP contribution in [0.3, 0.4) is 0 Å². The third-order valence-electron chi connectivity index (χ3n) is 18.8. The Kier molecular flexibility index (Phi) is 65.9. The predicted molar refractivity (Wildman–Crippen MR) is 395 cm³/mol. The molecule has 0 aliphatic carbocycles. The number of carbonyl (C=O) groups is 4. The van der Waals surface area contributed by atoms with Gasteiger partial charge in [-0.2, -0.15) is 0 Å². The second kappa shape index (κ2) is 67.2. The van der Waals surface area contributed by atoms with Crippen molar-refractivity contribution in [2.45, 2.75) is 414 Å². The molecule has 0 bridgehead atoms. The van der Waals surface area contributed by atoms with Crippen molar-refractivity contribution in [2.75, 3.05) is 39.6 Å². The van der Waals surface area contributed by atoms with Crippen molar-refractivity contribution in [2.24, 2.45) is 23.7 Å². The van der Waals surface area contributed by atoms with Crippen molar-refractivity contribution in [3.8, 4) is 0 Å². The number of hydrogen-bond donors (Lipinski definition) is 3. The molecule has 0 radical (unpaired) electrons. The van der Waals surface area contributed by atoms with Crippen LogP contribution in [0.5, 0.6) is 0 Å². The highest BCUT2D eigenvalue weighted by atomic mass is 31.2. The molecule has 576 valence electrons. The van der Waals surface area contributed by atoms with Crippen LogP contribution in [0, 0.1) is 23.7 Å². The maximum atomic E-state index is 13.1. The van der Waals surface area contributed by atoms with Crippen molar-refractivity contribution in [1.82, 2.24) is 0 Å². The van der Waals surface area contributed by atoms with E-state index in [9.17, 15) is 43.2 Å². The van der Waals surface area contributed by atoms with E-state index in [-0.39, 0.29) is 25.7 Å². The summed E-state index contributed by atoms with van der Waals surface area (Å²) in [5, 5.41) is 10.6. The van der Waals surface area contributed by atoms with E-state index >= 15 is 0 Å². The number of aliphatic hydroxyl groups is 1. The zero-order valence-electron chi connectivity index (χ0n) is 63.7. The van der Waals surface area contributed by atoms with E-state index in [0.29, 0.717) is 25.7 Å². The molecule has 0 aliphatic heterocycles. The third-order valence-corrected chi connectivity index (χ3v) is 20.7. The van der Waals surface area contributed by atoms with Crippen LogP contribution in [0.15, 0.2) is 0 Å². The topological polar surface area (TPSA) is 237 Å². The van der Waals surface area contributed by atoms with Crippen LogP contribution in [0.2, 0.25) is 0 Å². The first kappa shape index (κ1) is 95.1. The van der Waals surface area contributed by atoms with Crippen molar-refractivity contribution in [1.29, 1.82) is 0 Å². The molecule has 3 N–H and O–H groups in total. The minimum absolute atomic E-state index is 0.102. The SMILES string of the molecule is CCC(C)CCCCCCCCC(=O)OC[C@H](COP(=O)(O)OC[C@H](O)COP(=O)(O)OC[C@@H](COC(=O)CCCCCCCCCCCCCCCCCC(C)C)OC(=O)CCCCCCCCCCCCCCCCCCC(C)C)OC(=O)CCCCCCCCC(C)CC. The summed E-state index contributed by atoms with van der Waals surface area (Å²) in [7, 11) is -9.92. The van der Waals surface area contributed by atoms with Crippen LogP contribution >= 0.6 is 15.6 Å². The molecule has 0 aromatic carbocycles. The number of esters is 4. The van der Waals surface area contributed by atoms with Gasteiger partial charge in [-0.05, 0) is 49.4 Å². The highest BCUT2D eigenvalue weighted by Crippen LogP contribution is 2.45. The van der Waals surface area contributed by atoms with E-state index in [2.05, 4.69) is 55.4 Å². The molecule has 0 rings (SSSR count). The molecule has 0 saturated carbocycles. The van der Waals surface area contributed by atoms with Crippen molar-refractivity contribution in [3.63, 3.8) is 0 Å². The molecule has 0 aromatic heterocycles. The van der Waals surface area contributed by atoms with E-state index in [1.807, 2.05) is 0 Å². The highest BCUT2D eigenvalue weighted by molar-refractivity contribution is 7.47. The second-order valence-electron chi connectivity index (χ2n) is 29.5. The van der Waals surface area contributed by atoms with E-state index in [0.717, 1.165) is 120 Å². The van der Waals surface area contributed by atoms with Crippen LogP contribution in [-0.2, 0) is 65.4 Å². The summed E-state index contributed by atoms with van der Waals surface area (Å²) in [6, 6.07) is 0. The molecular weight excluding hydrogens is 1270 g/mol. The van der Waals surface area contributed by atoms with Gasteiger partial charge < -0.3 is 33.8 Å². The van der Waals surface area contributed by atoms with Crippen molar-refractivity contribution >= 4 is 39.5 Å². The number of ether oxygens (including phenoxy) is 4. The third kappa shape index (κ3) is 69.5. The monoisotopic (exact) mass is 1420 g/mol. The van der Waals surface area contributed by atoms with Gasteiger partial charge in [-0.15, -0.1) is 0 Å². The van der Waals surface area contributed by atoms with Crippen LogP contribution in [0.4, 0.5) is 0 Å². The molecule has 97 heavy (non-hydrogen) atoms. The summed E-state index contributed by atoms with van der Waals surface area (Å²) >= 11 is 0. The molecule has 0 fully saturated rings. The average Bonchev–Trinajstić information content (AvgIpc) is 2.97. The summed E-state index contributed by atoms with van der Waals surface area (Å²) in [5.74, 6) is 0.944. The Bertz CT molecular complexity index is 1910. The number of rotatable bonds is 75. The molecule has 0 aliphatic rings. The molecule has 17 nitrogen and oxygen atoms in total. The van der Waals surface area contributed by atoms with Gasteiger partial charge in [-0.25, -0.2) is 9.13 Å². The minimum Gasteiger partial charge on any atom is -0.462 e. The first-order chi connectivity index (χ1) is 46.7. The molecule has 0 aromatic rings. The number of carbonyl (C=O) groups excluding carboxylic acids is 4. The van der Waals surface area contributed by atoms with E-state index in [1.165, 1.54) is 193 Å². The van der Waals surface area contributed by atoms with Crippen LogP contribution in [0.1, 0.15) is 396 Å². The molecule has 4 unspecified atom stereocenters. The molecule has 0 spiro atoms. The van der Waals surface area contributed by atoms with E-state index < -0.39 is 97.5 Å². The summed E-state index contributed by atoms with van der Waals surface area (Å²) in [5.41, 5.74) is 0.